The molecule has 14 aromatic carbocycles. The Labute approximate surface area is 429 Å². The van der Waals surface area contributed by atoms with Gasteiger partial charge in [0, 0.05) is 0 Å². The quantitative estimate of drug-likeness (QED) is 0.105. The Morgan fingerprint density at radius 2 is 0.378 bits per heavy atom. The van der Waals surface area contributed by atoms with Crippen LogP contribution in [0.25, 0.3) is 120 Å². The molecule has 2 aliphatic carbocycles. The number of benzene rings is 14. The molecular weight excluding hydrogens is 889 g/mol. The van der Waals surface area contributed by atoms with Crippen LogP contribution in [-0.4, -0.2) is 0 Å². The molecule has 0 bridgehead atoms. The van der Waals surface area contributed by atoms with E-state index in [0.29, 0.717) is 0 Å². The molecule has 14 aromatic rings. The highest BCUT2D eigenvalue weighted by Crippen LogP contribution is 2.50. The van der Waals surface area contributed by atoms with Crippen LogP contribution in [0, 0.1) is 41.7 Å². The Morgan fingerprint density at radius 1 is 0.189 bits per heavy atom. The fraction of sp³-hybridized carbons (Fsp3) is 0.108. The van der Waals surface area contributed by atoms with Gasteiger partial charge < -0.3 is 0 Å². The summed E-state index contributed by atoms with van der Waals surface area (Å²) in [5, 5.41) is 29.7. The van der Waals surface area contributed by atoms with Gasteiger partial charge in [0.05, 0.1) is 0 Å². The van der Waals surface area contributed by atoms with Gasteiger partial charge in [0.1, 0.15) is 0 Å². The lowest BCUT2D eigenvalue weighted by molar-refractivity contribution is 1.14. The molecule has 0 radical (unpaired) electrons. The van der Waals surface area contributed by atoms with Crippen LogP contribution in [-0.2, 0) is 25.7 Å². The first-order chi connectivity index (χ1) is 36.5. The van der Waals surface area contributed by atoms with Gasteiger partial charge in [-0.05, 0) is 210 Å². The Bertz CT molecular complexity index is 4520. The zero-order valence-corrected chi connectivity index (χ0v) is 42.3. The average Bonchev–Trinajstić information content (AvgIpc) is 4.03. The molecule has 0 fully saturated rings. The normalized spacial score (nSPS) is 12.5. The van der Waals surface area contributed by atoms with Crippen molar-refractivity contribution >= 4 is 75.4 Å². The number of rotatable bonds is 8. The fourth-order valence-electron chi connectivity index (χ4n) is 14.1. The van der Waals surface area contributed by atoms with Crippen LogP contribution in [0.1, 0.15) is 49.9 Å². The standard InChI is InChI=1S/C74H52/c1-5-41-9-17-45(18-10-41)49-25-26-50(46-19-11-42(6-2)12-20-46)66-62-38-34-58-54-30-32-56-60-36-40-64-68-52(48-23-15-44(8-4)16-24-48)28-27-51(47-21-13-43(7-3)14-22-47)67(68)63-39-35-59(72(60)74(63)64)55-31-29-53(69(54)70(55)56)57-33-37-61(65(49)66)73(62)71(57)58/h9-40H,5-8H2,1-4H3. The summed E-state index contributed by atoms with van der Waals surface area (Å²) < 4.78 is 0. The van der Waals surface area contributed by atoms with Crippen molar-refractivity contribution < 1.29 is 0 Å². The van der Waals surface area contributed by atoms with Gasteiger partial charge in [0.25, 0.3) is 0 Å². The van der Waals surface area contributed by atoms with Crippen molar-refractivity contribution in [3.05, 3.63) is 258 Å². The van der Waals surface area contributed by atoms with Crippen molar-refractivity contribution in [1.82, 2.24) is 0 Å². The van der Waals surface area contributed by atoms with E-state index in [1.54, 1.807) is 0 Å². The van der Waals surface area contributed by atoms with E-state index in [2.05, 4.69) is 222 Å². The van der Waals surface area contributed by atoms with Crippen LogP contribution >= 0.6 is 0 Å². The summed E-state index contributed by atoms with van der Waals surface area (Å²) in [5.41, 5.74) is 15.7. The van der Waals surface area contributed by atoms with Crippen LogP contribution in [0.3, 0.4) is 0 Å². The molecule has 74 heavy (non-hydrogen) atoms. The zero-order valence-electron chi connectivity index (χ0n) is 42.3. The first-order valence-corrected chi connectivity index (χ1v) is 27.1. The third-order valence-electron chi connectivity index (χ3n) is 17.8. The molecule has 0 nitrogen and oxygen atoms in total. The molecule has 0 amide bonds. The van der Waals surface area contributed by atoms with E-state index >= 15 is 0 Å². The van der Waals surface area contributed by atoms with E-state index in [0.717, 1.165) is 25.7 Å². The number of hydrogen-bond donors (Lipinski definition) is 0. The maximum atomic E-state index is 2.46. The molecule has 16 rings (SSSR count). The summed E-state index contributed by atoms with van der Waals surface area (Å²) in [7, 11) is 0. The van der Waals surface area contributed by atoms with E-state index in [1.165, 1.54) is 184 Å². The molecule has 0 saturated heterocycles. The second-order valence-electron chi connectivity index (χ2n) is 21.2. The first kappa shape index (κ1) is 42.0. The van der Waals surface area contributed by atoms with Crippen molar-refractivity contribution in [3.63, 3.8) is 0 Å². The third kappa shape index (κ3) is 5.53. The molecular formula is C74H52. The number of fused-ring (bicyclic) bond motifs is 6. The monoisotopic (exact) mass is 940 g/mol. The highest BCUT2D eigenvalue weighted by molar-refractivity contribution is 6.42. The van der Waals surface area contributed by atoms with Crippen molar-refractivity contribution in [2.45, 2.75) is 53.4 Å². The maximum absolute atomic E-state index is 2.46. The highest BCUT2D eigenvalue weighted by atomic mass is 14.3. The second kappa shape index (κ2) is 15.5. The summed E-state index contributed by atoms with van der Waals surface area (Å²) in [6.45, 7) is 8.95. The summed E-state index contributed by atoms with van der Waals surface area (Å²) in [4.78, 5) is 0. The number of hydrogen-bond acceptors (Lipinski definition) is 0. The lowest BCUT2D eigenvalue weighted by Gasteiger charge is -2.19. The number of aryl methyl sites for hydroxylation is 4. The van der Waals surface area contributed by atoms with Crippen LogP contribution in [0.4, 0.5) is 0 Å². The predicted molar refractivity (Wildman–Crippen MR) is 314 cm³/mol. The Balaban J connectivity index is 1.00. The molecule has 0 unspecified atom stereocenters. The van der Waals surface area contributed by atoms with E-state index in [9.17, 15) is 0 Å². The minimum atomic E-state index is 1.03. The highest BCUT2D eigenvalue weighted by Gasteiger charge is 2.24. The Kier molecular flexibility index (Phi) is 8.78. The first-order valence-electron chi connectivity index (χ1n) is 27.1. The van der Waals surface area contributed by atoms with Gasteiger partial charge in [-0.1, -0.05) is 222 Å². The summed E-state index contributed by atoms with van der Waals surface area (Å²) in [6.07, 6.45) is 4.12. The molecule has 0 atom stereocenters. The summed E-state index contributed by atoms with van der Waals surface area (Å²) in [5.74, 6) is 0. The van der Waals surface area contributed by atoms with Gasteiger partial charge in [-0.25, -0.2) is 0 Å². The lowest BCUT2D eigenvalue weighted by Crippen LogP contribution is -1.92. The molecule has 0 saturated carbocycles. The van der Waals surface area contributed by atoms with Crippen molar-refractivity contribution in [3.8, 4) is 44.5 Å². The molecule has 2 aliphatic rings. The minimum absolute atomic E-state index is 1.03. The van der Waals surface area contributed by atoms with Crippen LogP contribution in [0.2, 0.25) is 0 Å². The second-order valence-corrected chi connectivity index (χ2v) is 21.2. The molecule has 0 spiro atoms. The van der Waals surface area contributed by atoms with Crippen molar-refractivity contribution in [1.29, 1.82) is 0 Å². The van der Waals surface area contributed by atoms with Crippen molar-refractivity contribution in [2.24, 2.45) is 0 Å². The van der Waals surface area contributed by atoms with Gasteiger partial charge in [0.15, 0.2) is 0 Å². The van der Waals surface area contributed by atoms with Gasteiger partial charge in [-0.2, -0.15) is 0 Å². The van der Waals surface area contributed by atoms with Crippen LogP contribution in [0.15, 0.2) is 194 Å². The average molecular weight is 941 g/mol. The summed E-state index contributed by atoms with van der Waals surface area (Å²) >= 11 is 0. The topological polar surface area (TPSA) is 0 Å². The smallest absolute Gasteiger partial charge is 0.00134 e. The molecule has 0 aromatic heterocycles. The van der Waals surface area contributed by atoms with Crippen LogP contribution in [0.5, 0.6) is 0 Å². The zero-order chi connectivity index (χ0) is 49.1. The minimum Gasteiger partial charge on any atom is -0.0613 e. The van der Waals surface area contributed by atoms with Gasteiger partial charge in [-0.15, -0.1) is 0 Å². The van der Waals surface area contributed by atoms with Gasteiger partial charge >= 0.3 is 0 Å². The van der Waals surface area contributed by atoms with E-state index < -0.39 is 0 Å². The van der Waals surface area contributed by atoms with E-state index in [4.69, 9.17) is 0 Å². The molecule has 0 aliphatic heterocycles. The lowest BCUT2D eigenvalue weighted by atomic mass is 9.83. The van der Waals surface area contributed by atoms with Crippen molar-refractivity contribution in [2.75, 3.05) is 0 Å². The van der Waals surface area contributed by atoms with E-state index in [1.807, 2.05) is 0 Å². The predicted octanol–water partition coefficient (Wildman–Crippen LogP) is 19.3. The SMILES string of the molecule is CCc1ccc(-c2ccc(-c3ccc(CC)cc3)c3c2=c2ccc4c5ccc6c7ccc8c9c(ccc(c%10ccc(c%11ccc=3c2c4%11)c5c6%10)c97)=c2c(-c3ccc(CC)cc3)ccc(-c3ccc(CC)cc3)c2=8)cc1. The van der Waals surface area contributed by atoms with Gasteiger partial charge in [0.2, 0.25) is 0 Å². The molecule has 0 N–H and O–H groups in total. The third-order valence-corrected chi connectivity index (χ3v) is 17.8. The van der Waals surface area contributed by atoms with E-state index in [-0.39, 0.29) is 0 Å². The Morgan fingerprint density at radius 3 is 0.581 bits per heavy atom. The Hall–Kier alpha value is -8.58. The van der Waals surface area contributed by atoms with Gasteiger partial charge in [-0.3, -0.25) is 0 Å². The molecule has 348 valence electrons. The summed E-state index contributed by atoms with van der Waals surface area (Å²) in [6, 6.07) is 76.1. The largest absolute Gasteiger partial charge is 0.0613 e. The van der Waals surface area contributed by atoms with Crippen LogP contribution < -0.4 is 0 Å². The molecule has 0 heteroatoms. The maximum Gasteiger partial charge on any atom is -0.00134 e. The fourth-order valence-corrected chi connectivity index (χ4v) is 14.1. The molecule has 0 heterocycles.